The van der Waals surface area contributed by atoms with Crippen molar-refractivity contribution < 1.29 is 5.11 Å². The van der Waals surface area contributed by atoms with E-state index in [1.807, 2.05) is 37.3 Å². The molecule has 0 aromatic rings. The normalized spacial score (nSPS) is 17.5. The first-order valence-electron chi connectivity index (χ1n) is 5.03. The largest absolute Gasteiger partial charge is 0.389 e. The van der Waals surface area contributed by atoms with Crippen LogP contribution < -0.4 is 0 Å². The zero-order valence-electron chi connectivity index (χ0n) is 9.70. The Balaban J connectivity index is 4.47. The Labute approximate surface area is 88.9 Å². The van der Waals surface area contributed by atoms with Crippen LogP contribution in [-0.2, 0) is 0 Å². The molecular weight excluding hydrogens is 188 g/mol. The van der Waals surface area contributed by atoms with Crippen LogP contribution in [0.25, 0.3) is 0 Å². The lowest BCUT2D eigenvalue weighted by Gasteiger charge is -2.28. The van der Waals surface area contributed by atoms with Gasteiger partial charge in [-0.2, -0.15) is 0 Å². The van der Waals surface area contributed by atoms with E-state index < -0.39 is 14.2 Å². The van der Waals surface area contributed by atoms with E-state index in [9.17, 15) is 5.11 Å². The average molecular weight is 210 g/mol. The molecule has 14 heavy (non-hydrogen) atoms. The lowest BCUT2D eigenvalue weighted by molar-refractivity contribution is 0.224. The first-order valence-corrected chi connectivity index (χ1v) is 8.61. The molecule has 2 heteroatoms. The topological polar surface area (TPSA) is 20.2 Å². The number of allylic oxidation sites excluding steroid dienone is 3. The van der Waals surface area contributed by atoms with Gasteiger partial charge in [0.15, 0.2) is 0 Å². The molecule has 0 amide bonds. The molecule has 2 atom stereocenters. The predicted molar refractivity (Wildman–Crippen MR) is 67.3 cm³/mol. The van der Waals surface area contributed by atoms with Crippen LogP contribution in [0, 0.1) is 0 Å². The summed E-state index contributed by atoms with van der Waals surface area (Å²) >= 11 is 0. The number of aliphatic hydroxyl groups excluding tert-OH is 1. The predicted octanol–water partition coefficient (Wildman–Crippen LogP) is 3.37. The molecule has 0 fully saturated rings. The van der Waals surface area contributed by atoms with Crippen molar-refractivity contribution >= 4 is 8.07 Å². The Hall–Kier alpha value is -0.603. The van der Waals surface area contributed by atoms with Crippen LogP contribution in [0.4, 0.5) is 0 Å². The molecule has 0 aliphatic carbocycles. The molecule has 1 nitrogen and oxygen atoms in total. The third kappa shape index (κ3) is 4.58. The second-order valence-electron chi connectivity index (χ2n) is 4.53. The number of hydrogen-bond acceptors (Lipinski definition) is 1. The molecule has 0 rings (SSSR count). The van der Waals surface area contributed by atoms with Gasteiger partial charge in [-0.25, -0.2) is 0 Å². The summed E-state index contributed by atoms with van der Waals surface area (Å²) < 4.78 is 0. The lowest BCUT2D eigenvalue weighted by Crippen LogP contribution is -2.34. The van der Waals surface area contributed by atoms with Gasteiger partial charge in [-0.15, -0.1) is 6.58 Å². The molecule has 80 valence electrons. The lowest BCUT2D eigenvalue weighted by atomic mass is 10.2. The van der Waals surface area contributed by atoms with E-state index in [-0.39, 0.29) is 5.54 Å². The Morgan fingerprint density at radius 2 is 1.79 bits per heavy atom. The molecule has 0 unspecified atom stereocenters. The summed E-state index contributed by atoms with van der Waals surface area (Å²) in [6.45, 7) is 12.5. The molecule has 0 aliphatic rings. The Bertz CT molecular complexity index is 223. The summed E-state index contributed by atoms with van der Waals surface area (Å²) in [5.74, 6) is 0. The maximum absolute atomic E-state index is 9.91. The van der Waals surface area contributed by atoms with Gasteiger partial charge in [-0.1, -0.05) is 50.0 Å². The zero-order chi connectivity index (χ0) is 11.2. The van der Waals surface area contributed by atoms with Gasteiger partial charge in [0.25, 0.3) is 0 Å². The van der Waals surface area contributed by atoms with Crippen LogP contribution in [0.3, 0.4) is 0 Å². The Morgan fingerprint density at radius 1 is 1.21 bits per heavy atom. The highest BCUT2D eigenvalue weighted by Crippen LogP contribution is 2.27. The smallest absolute Gasteiger partial charge is 0.0762 e. The minimum Gasteiger partial charge on any atom is -0.389 e. The maximum Gasteiger partial charge on any atom is 0.0762 e. The number of hydrogen-bond donors (Lipinski definition) is 1. The van der Waals surface area contributed by atoms with Crippen molar-refractivity contribution in [2.75, 3.05) is 0 Å². The standard InChI is InChI=1S/C12H22OSi/c1-6-8-9-10-11(13)12(7-2)14(3,4)5/h6-13H,2H2,1,3-5H3/b8-6+,10-9-/t11-,12+/m1/s1. The molecule has 0 aromatic carbocycles. The molecule has 0 bridgehead atoms. The van der Waals surface area contributed by atoms with E-state index in [1.165, 1.54) is 0 Å². The summed E-state index contributed by atoms with van der Waals surface area (Å²) in [4.78, 5) is 0. The van der Waals surface area contributed by atoms with E-state index in [2.05, 4.69) is 26.2 Å². The molecule has 0 aliphatic heterocycles. The molecule has 0 spiro atoms. The second-order valence-corrected chi connectivity index (χ2v) is 9.93. The minimum absolute atomic E-state index is 0.226. The molecule has 0 aromatic heterocycles. The van der Waals surface area contributed by atoms with Crippen molar-refractivity contribution in [3.63, 3.8) is 0 Å². The second kappa shape index (κ2) is 5.99. The fraction of sp³-hybridized carbons (Fsp3) is 0.500. The highest BCUT2D eigenvalue weighted by molar-refractivity contribution is 6.78. The van der Waals surface area contributed by atoms with Gasteiger partial charge in [0.2, 0.25) is 0 Å². The monoisotopic (exact) mass is 210 g/mol. The quantitative estimate of drug-likeness (QED) is 0.419. The summed E-state index contributed by atoms with van der Waals surface area (Å²) in [6.07, 6.45) is 9.09. The first kappa shape index (κ1) is 13.4. The highest BCUT2D eigenvalue weighted by Gasteiger charge is 2.28. The Kier molecular flexibility index (Phi) is 5.73. The van der Waals surface area contributed by atoms with E-state index in [4.69, 9.17) is 0 Å². The van der Waals surface area contributed by atoms with Crippen molar-refractivity contribution in [1.82, 2.24) is 0 Å². The SMILES string of the molecule is C=C[C@@H]([C@H](O)/C=C\C=C\C)[Si](C)(C)C. The van der Waals surface area contributed by atoms with Crippen LogP contribution in [0.1, 0.15) is 6.92 Å². The van der Waals surface area contributed by atoms with Crippen LogP contribution in [-0.4, -0.2) is 19.3 Å². The first-order chi connectivity index (χ1) is 6.43. The van der Waals surface area contributed by atoms with Crippen molar-refractivity contribution in [3.05, 3.63) is 37.0 Å². The maximum atomic E-state index is 9.91. The zero-order valence-corrected chi connectivity index (χ0v) is 10.7. The summed E-state index contributed by atoms with van der Waals surface area (Å²) in [6, 6.07) is 0. The summed E-state index contributed by atoms with van der Waals surface area (Å²) in [7, 11) is -1.35. The van der Waals surface area contributed by atoms with Gasteiger partial charge in [-0.05, 0) is 6.92 Å². The number of aliphatic hydroxyl groups is 1. The van der Waals surface area contributed by atoms with Crippen molar-refractivity contribution in [1.29, 1.82) is 0 Å². The van der Waals surface area contributed by atoms with Crippen LogP contribution in [0.5, 0.6) is 0 Å². The van der Waals surface area contributed by atoms with E-state index in [0.717, 1.165) is 0 Å². The number of rotatable bonds is 5. The molecule has 0 heterocycles. The van der Waals surface area contributed by atoms with Crippen molar-refractivity contribution in [3.8, 4) is 0 Å². The summed E-state index contributed by atoms with van der Waals surface area (Å²) in [5, 5.41) is 9.91. The van der Waals surface area contributed by atoms with Crippen LogP contribution in [0.2, 0.25) is 25.2 Å². The highest BCUT2D eigenvalue weighted by atomic mass is 28.3. The molecule has 0 saturated carbocycles. The van der Waals surface area contributed by atoms with E-state index in [0.29, 0.717) is 0 Å². The van der Waals surface area contributed by atoms with Gasteiger partial charge in [0, 0.05) is 5.54 Å². The van der Waals surface area contributed by atoms with Gasteiger partial charge in [0.1, 0.15) is 0 Å². The van der Waals surface area contributed by atoms with Crippen molar-refractivity contribution in [2.24, 2.45) is 0 Å². The molecular formula is C12H22OSi. The molecule has 0 radical (unpaired) electrons. The third-order valence-electron chi connectivity index (χ3n) is 2.23. The van der Waals surface area contributed by atoms with Gasteiger partial charge < -0.3 is 5.11 Å². The summed E-state index contributed by atoms with van der Waals surface area (Å²) in [5.41, 5.74) is 0.226. The third-order valence-corrected chi connectivity index (χ3v) is 4.81. The van der Waals surface area contributed by atoms with Gasteiger partial charge in [-0.3, -0.25) is 0 Å². The minimum atomic E-state index is -1.35. The van der Waals surface area contributed by atoms with Gasteiger partial charge >= 0.3 is 0 Å². The fourth-order valence-electron chi connectivity index (χ4n) is 1.41. The fourth-order valence-corrected chi connectivity index (χ4v) is 3.26. The van der Waals surface area contributed by atoms with E-state index >= 15 is 0 Å². The van der Waals surface area contributed by atoms with E-state index in [1.54, 1.807) is 0 Å². The molecule has 1 N–H and O–H groups in total. The van der Waals surface area contributed by atoms with Gasteiger partial charge in [0.05, 0.1) is 14.2 Å². The molecule has 0 saturated heterocycles. The van der Waals surface area contributed by atoms with Crippen molar-refractivity contribution in [2.45, 2.75) is 38.2 Å². The van der Waals surface area contributed by atoms with Crippen LogP contribution in [0.15, 0.2) is 37.0 Å². The van der Waals surface area contributed by atoms with Crippen LogP contribution >= 0.6 is 0 Å². The average Bonchev–Trinajstić information content (AvgIpc) is 2.03. The Morgan fingerprint density at radius 3 is 2.14 bits per heavy atom.